The SMILES string of the molecule is CC(C)c1ccc(NP2(Nc3ccc(C(C)C)cc3)=NP(Cl)(Cl)=NP(Nc3ccccc3)(Nc3ccccc3)=N2)cc1. The van der Waals surface area contributed by atoms with Gasteiger partial charge in [0.2, 0.25) is 0 Å². The second-order valence-corrected chi connectivity index (χ2v) is 20.4. The number of hydrogen-bond donors (Lipinski definition) is 4. The summed E-state index contributed by atoms with van der Waals surface area (Å²) in [6.07, 6.45) is 0. The first kappa shape index (κ1) is 30.8. The number of rotatable bonds is 10. The van der Waals surface area contributed by atoms with Crippen molar-refractivity contribution in [2.75, 3.05) is 20.3 Å². The molecule has 4 aromatic carbocycles. The van der Waals surface area contributed by atoms with E-state index >= 15 is 0 Å². The van der Waals surface area contributed by atoms with Crippen LogP contribution >= 0.6 is 43.4 Å². The van der Waals surface area contributed by atoms with Gasteiger partial charge >= 0.3 is 0 Å². The van der Waals surface area contributed by atoms with Gasteiger partial charge in [0.1, 0.15) is 0 Å². The third-order valence-electron chi connectivity index (χ3n) is 6.58. The van der Waals surface area contributed by atoms with Gasteiger partial charge in [-0.05, 0) is 94.0 Å². The summed E-state index contributed by atoms with van der Waals surface area (Å²) in [4.78, 5) is 0. The van der Waals surface area contributed by atoms with Crippen LogP contribution in [0.15, 0.2) is 123 Å². The summed E-state index contributed by atoms with van der Waals surface area (Å²) in [5.74, 6) is -2.40. The molecule has 42 heavy (non-hydrogen) atoms. The van der Waals surface area contributed by atoms with Gasteiger partial charge in [0.15, 0.2) is 0 Å². The van der Waals surface area contributed by atoms with Gasteiger partial charge in [-0.25, -0.2) is 0 Å². The zero-order valence-electron chi connectivity index (χ0n) is 24.0. The maximum absolute atomic E-state index is 7.02. The Labute approximate surface area is 259 Å². The van der Waals surface area contributed by atoms with Crippen molar-refractivity contribution in [3.8, 4) is 0 Å². The average Bonchev–Trinajstić information content (AvgIpc) is 2.93. The monoisotopic (exact) mass is 657 g/mol. The van der Waals surface area contributed by atoms with Crippen LogP contribution in [-0.2, 0) is 0 Å². The highest BCUT2D eigenvalue weighted by Gasteiger charge is 2.37. The number of halogens is 2. The van der Waals surface area contributed by atoms with Crippen LogP contribution in [0.1, 0.15) is 50.7 Å². The fourth-order valence-corrected chi connectivity index (χ4v) is 16.9. The van der Waals surface area contributed by atoms with Gasteiger partial charge in [-0.3, -0.25) is 0 Å². The van der Waals surface area contributed by atoms with Crippen molar-refractivity contribution in [1.82, 2.24) is 0 Å². The van der Waals surface area contributed by atoms with Crippen molar-refractivity contribution in [3.05, 3.63) is 120 Å². The van der Waals surface area contributed by atoms with Crippen molar-refractivity contribution in [3.63, 3.8) is 0 Å². The minimum Gasteiger partial charge on any atom is -0.319 e. The van der Waals surface area contributed by atoms with E-state index in [1.54, 1.807) is 0 Å². The second-order valence-electron chi connectivity index (χ2n) is 10.7. The molecule has 0 unspecified atom stereocenters. The first-order valence-electron chi connectivity index (χ1n) is 13.8. The molecule has 0 radical (unpaired) electrons. The van der Waals surface area contributed by atoms with Gasteiger partial charge in [-0.15, -0.1) is 0 Å². The highest BCUT2D eigenvalue weighted by molar-refractivity contribution is 8.14. The Hall–Kier alpha value is -2.65. The van der Waals surface area contributed by atoms with E-state index in [2.05, 4.69) is 96.6 Å². The zero-order valence-corrected chi connectivity index (χ0v) is 28.2. The molecular weight excluding hydrogens is 622 g/mol. The van der Waals surface area contributed by atoms with Gasteiger partial charge in [0.05, 0.1) is 0 Å². The lowest BCUT2D eigenvalue weighted by molar-refractivity contribution is 0.867. The molecule has 12 heteroatoms. The molecule has 5 rings (SSSR count). The summed E-state index contributed by atoms with van der Waals surface area (Å²) in [5, 5.41) is 14.5. The van der Waals surface area contributed by atoms with Crippen molar-refractivity contribution in [2.45, 2.75) is 39.5 Å². The Morgan fingerprint density at radius 1 is 0.452 bits per heavy atom. The van der Waals surface area contributed by atoms with Gasteiger partial charge in [0.25, 0.3) is 20.9 Å². The summed E-state index contributed by atoms with van der Waals surface area (Å²) >= 11 is 14.0. The number of nitrogens with zero attached hydrogens (tertiary/aromatic N) is 3. The quantitative estimate of drug-likeness (QED) is 0.128. The minimum atomic E-state index is -3.23. The summed E-state index contributed by atoms with van der Waals surface area (Å²) in [5.41, 5.74) is 5.90. The smallest absolute Gasteiger partial charge is 0.267 e. The largest absolute Gasteiger partial charge is 0.319 e. The van der Waals surface area contributed by atoms with E-state index in [1.165, 1.54) is 11.1 Å². The van der Waals surface area contributed by atoms with Crippen molar-refractivity contribution in [2.24, 2.45) is 13.5 Å². The van der Waals surface area contributed by atoms with Crippen molar-refractivity contribution in [1.29, 1.82) is 0 Å². The highest BCUT2D eigenvalue weighted by atomic mass is 35.9. The third-order valence-corrected chi connectivity index (χ3v) is 17.2. The van der Waals surface area contributed by atoms with Crippen molar-refractivity contribution >= 4 is 66.2 Å². The Kier molecular flexibility index (Phi) is 9.47. The fourth-order valence-electron chi connectivity index (χ4n) is 4.42. The molecule has 1 aliphatic heterocycles. The van der Waals surface area contributed by atoms with Crippen LogP contribution in [-0.4, -0.2) is 0 Å². The fraction of sp³-hybridized carbons (Fsp3) is 0.200. The Balaban J connectivity index is 1.69. The number of nitrogens with one attached hydrogen (secondary N) is 4. The first-order chi connectivity index (χ1) is 20.0. The lowest BCUT2D eigenvalue weighted by atomic mass is 10.0. The van der Waals surface area contributed by atoms with Gasteiger partial charge < -0.3 is 20.3 Å². The molecule has 0 atom stereocenters. The topological polar surface area (TPSA) is 85.2 Å². The molecule has 220 valence electrons. The van der Waals surface area contributed by atoms with Crippen LogP contribution in [0.2, 0.25) is 0 Å². The van der Waals surface area contributed by atoms with Crippen LogP contribution in [0, 0.1) is 0 Å². The molecular formula is C30H36Cl2N7P3. The van der Waals surface area contributed by atoms with Crippen LogP contribution in [0.3, 0.4) is 0 Å². The molecule has 7 nitrogen and oxygen atoms in total. The lowest BCUT2D eigenvalue weighted by Crippen LogP contribution is -2.11. The molecule has 0 fully saturated rings. The maximum atomic E-state index is 7.02. The molecule has 4 aromatic rings. The lowest BCUT2D eigenvalue weighted by Gasteiger charge is -2.34. The van der Waals surface area contributed by atoms with E-state index in [-0.39, 0.29) is 0 Å². The highest BCUT2D eigenvalue weighted by Crippen LogP contribution is 2.81. The number of anilines is 4. The van der Waals surface area contributed by atoms with Gasteiger partial charge in [-0.2, -0.15) is 13.5 Å². The molecule has 0 aromatic heterocycles. The predicted molar refractivity (Wildman–Crippen MR) is 188 cm³/mol. The van der Waals surface area contributed by atoms with Gasteiger partial charge in [-0.1, -0.05) is 88.4 Å². The molecule has 0 bridgehead atoms. The molecule has 1 heterocycles. The summed E-state index contributed by atoms with van der Waals surface area (Å²) in [6.45, 7) is 8.71. The van der Waals surface area contributed by atoms with E-state index in [4.69, 9.17) is 36.0 Å². The molecule has 0 aliphatic carbocycles. The summed E-state index contributed by atoms with van der Waals surface area (Å²) in [7, 11) is -6.10. The minimum absolute atomic E-state index is 0.413. The Bertz CT molecular complexity index is 1570. The van der Waals surface area contributed by atoms with Crippen LogP contribution in [0.4, 0.5) is 22.7 Å². The second kappa shape index (κ2) is 12.9. The number of hydrogen-bond acceptors (Lipinski definition) is 7. The number of para-hydroxylation sites is 2. The van der Waals surface area contributed by atoms with Crippen LogP contribution in [0.25, 0.3) is 0 Å². The normalized spacial score (nSPS) is 16.5. The average molecular weight is 658 g/mol. The van der Waals surface area contributed by atoms with E-state index in [0.717, 1.165) is 22.7 Å². The zero-order chi connectivity index (χ0) is 29.8. The Morgan fingerprint density at radius 3 is 1.14 bits per heavy atom. The number of benzene rings is 4. The molecule has 1 aliphatic rings. The van der Waals surface area contributed by atoms with E-state index in [9.17, 15) is 0 Å². The van der Waals surface area contributed by atoms with E-state index < -0.39 is 20.9 Å². The molecule has 0 amide bonds. The predicted octanol–water partition coefficient (Wildman–Crippen LogP) is 13.0. The maximum Gasteiger partial charge on any atom is 0.267 e. The van der Waals surface area contributed by atoms with E-state index in [1.807, 2.05) is 60.7 Å². The molecule has 0 spiro atoms. The third kappa shape index (κ3) is 7.84. The standard InChI is InChI=1S/C30H36Cl2N7P3/c1-23(2)25-15-19-29(20-16-25)35-42(36-30-21-17-26(18-22-30)24(3)4)38-40(31,32)37-41(39-42,33-27-11-7-5-8-12-27)34-28-13-9-6-10-14-28/h5-24,33-36H,1-4H3. The first-order valence-corrected chi connectivity index (χ1v) is 20.7. The molecule has 0 saturated carbocycles. The van der Waals surface area contributed by atoms with Crippen LogP contribution in [0.5, 0.6) is 0 Å². The molecule has 0 saturated heterocycles. The molecule has 4 N–H and O–H groups in total. The van der Waals surface area contributed by atoms with Crippen LogP contribution < -0.4 is 20.3 Å². The summed E-state index contributed by atoms with van der Waals surface area (Å²) < 4.78 is 15.3. The summed E-state index contributed by atoms with van der Waals surface area (Å²) in [6, 6.07) is 36.4. The van der Waals surface area contributed by atoms with Crippen molar-refractivity contribution < 1.29 is 0 Å². The van der Waals surface area contributed by atoms with Gasteiger partial charge in [0, 0.05) is 22.7 Å². The Morgan fingerprint density at radius 2 is 0.786 bits per heavy atom. The van der Waals surface area contributed by atoms with E-state index in [0.29, 0.717) is 11.8 Å².